The number of hydrogen-bond donors (Lipinski definition) is 0. The molecule has 2 rings (SSSR count). The van der Waals surface area contributed by atoms with Gasteiger partial charge >= 0.3 is 0 Å². The fourth-order valence-corrected chi connectivity index (χ4v) is 3.20. The minimum atomic E-state index is -0.410. The van der Waals surface area contributed by atoms with Gasteiger partial charge in [-0.2, -0.15) is 0 Å². The number of rotatable bonds is 7. The number of para-hydroxylation sites is 1. The Bertz CT molecular complexity index is 723. The molecule has 0 spiro atoms. The van der Waals surface area contributed by atoms with E-state index in [2.05, 4.69) is 25.4 Å². The molecule has 0 radical (unpaired) electrons. The third kappa shape index (κ3) is 4.04. The van der Waals surface area contributed by atoms with E-state index in [0.717, 1.165) is 17.4 Å². The smallest absolute Gasteiger partial charge is 0.149 e. The van der Waals surface area contributed by atoms with E-state index in [9.17, 15) is 9.18 Å². The molecule has 0 aliphatic rings. The second-order valence-corrected chi connectivity index (χ2v) is 6.91. The van der Waals surface area contributed by atoms with Crippen molar-refractivity contribution in [2.45, 2.75) is 40.0 Å². The summed E-state index contributed by atoms with van der Waals surface area (Å²) in [5.74, 6) is 0.285. The van der Waals surface area contributed by atoms with Crippen LogP contribution in [0.3, 0.4) is 0 Å². The van der Waals surface area contributed by atoms with Crippen molar-refractivity contribution in [2.75, 3.05) is 0 Å². The van der Waals surface area contributed by atoms with Crippen LogP contribution in [0.25, 0.3) is 10.9 Å². The highest BCUT2D eigenvalue weighted by atomic mass is 19.1. The van der Waals surface area contributed by atoms with Crippen molar-refractivity contribution in [3.05, 3.63) is 54.5 Å². The third-order valence-corrected chi connectivity index (χ3v) is 4.21. The van der Waals surface area contributed by atoms with Crippen LogP contribution in [0, 0.1) is 17.2 Å². The van der Waals surface area contributed by atoms with Gasteiger partial charge in [-0.15, -0.1) is 6.58 Å². The second-order valence-electron chi connectivity index (χ2n) is 6.91. The molecule has 0 fully saturated rings. The van der Waals surface area contributed by atoms with Crippen LogP contribution in [-0.2, 0) is 11.2 Å². The summed E-state index contributed by atoms with van der Waals surface area (Å²) in [6.07, 6.45) is 5.23. The van der Waals surface area contributed by atoms with E-state index in [1.165, 1.54) is 6.07 Å². The van der Waals surface area contributed by atoms with Gasteiger partial charge in [-0.1, -0.05) is 39.0 Å². The maximum atomic E-state index is 13.7. The first kappa shape index (κ1) is 17.3. The van der Waals surface area contributed by atoms with Gasteiger partial charge in [0.05, 0.1) is 0 Å². The molecule has 0 aliphatic heterocycles. The summed E-state index contributed by atoms with van der Waals surface area (Å²) in [6.45, 7) is 10.0. The Balaban J connectivity index is 2.26. The van der Waals surface area contributed by atoms with Gasteiger partial charge in [-0.25, -0.2) is 4.39 Å². The van der Waals surface area contributed by atoms with Crippen molar-refractivity contribution in [1.29, 1.82) is 0 Å². The summed E-state index contributed by atoms with van der Waals surface area (Å²) in [5.41, 5.74) is 0.763. The van der Waals surface area contributed by atoms with Crippen molar-refractivity contribution in [3.63, 3.8) is 0 Å². The maximum Gasteiger partial charge on any atom is 0.149 e. The monoisotopic (exact) mass is 313 g/mol. The van der Waals surface area contributed by atoms with Gasteiger partial charge in [-0.3, -0.25) is 9.78 Å². The van der Waals surface area contributed by atoms with Crippen molar-refractivity contribution in [3.8, 4) is 0 Å². The van der Waals surface area contributed by atoms with Crippen LogP contribution in [-0.4, -0.2) is 10.8 Å². The molecule has 23 heavy (non-hydrogen) atoms. The van der Waals surface area contributed by atoms with E-state index >= 15 is 0 Å². The molecule has 1 aromatic carbocycles. The van der Waals surface area contributed by atoms with Crippen LogP contribution < -0.4 is 0 Å². The first-order chi connectivity index (χ1) is 10.9. The molecule has 0 bridgehead atoms. The number of Topliss-reactive ketones (excluding diaryl/α,β-unsaturated/α-hetero) is 1. The average molecular weight is 313 g/mol. The standard InChI is InChI=1S/C20H24FNO/c1-5-9-20(4,12-14(2)3)18(23)11-15-10-16-7-6-8-17(21)19(16)22-13-15/h5-8,10,13-14H,1,9,11-12H2,2-4H3. The molecule has 0 saturated carbocycles. The minimum absolute atomic E-state index is 0.184. The summed E-state index contributed by atoms with van der Waals surface area (Å²) in [6, 6.07) is 6.72. The third-order valence-electron chi connectivity index (χ3n) is 4.21. The van der Waals surface area contributed by atoms with E-state index in [1.807, 2.05) is 25.1 Å². The van der Waals surface area contributed by atoms with Crippen LogP contribution in [0.4, 0.5) is 4.39 Å². The molecule has 0 aliphatic carbocycles. The Morgan fingerprint density at radius 1 is 1.43 bits per heavy atom. The first-order valence-corrected chi connectivity index (χ1v) is 8.03. The predicted molar refractivity (Wildman–Crippen MR) is 92.8 cm³/mol. The van der Waals surface area contributed by atoms with Crippen molar-refractivity contribution >= 4 is 16.7 Å². The Labute approximate surface area is 137 Å². The largest absolute Gasteiger partial charge is 0.299 e. The predicted octanol–water partition coefficient (Wildman–Crippen LogP) is 5.11. The maximum absolute atomic E-state index is 13.7. The summed E-state index contributed by atoms with van der Waals surface area (Å²) in [7, 11) is 0. The fraction of sp³-hybridized carbons (Fsp3) is 0.400. The molecule has 0 amide bonds. The number of benzene rings is 1. The highest BCUT2D eigenvalue weighted by Gasteiger charge is 2.32. The molecule has 0 N–H and O–H groups in total. The topological polar surface area (TPSA) is 30.0 Å². The van der Waals surface area contributed by atoms with E-state index in [-0.39, 0.29) is 11.6 Å². The molecule has 3 heteroatoms. The summed E-state index contributed by atoms with van der Waals surface area (Å²) in [5, 5.41) is 0.726. The molecular formula is C20H24FNO. The van der Waals surface area contributed by atoms with Gasteiger partial charge in [0, 0.05) is 23.4 Å². The van der Waals surface area contributed by atoms with Gasteiger partial charge < -0.3 is 0 Å². The lowest BCUT2D eigenvalue weighted by Crippen LogP contribution is -2.30. The van der Waals surface area contributed by atoms with Gasteiger partial charge in [0.1, 0.15) is 17.1 Å². The molecule has 1 heterocycles. The number of halogens is 1. The van der Waals surface area contributed by atoms with E-state index in [4.69, 9.17) is 0 Å². The lowest BCUT2D eigenvalue weighted by molar-refractivity contribution is -0.128. The Hall–Kier alpha value is -2.03. The molecule has 2 nitrogen and oxygen atoms in total. The molecule has 1 aromatic heterocycles. The van der Waals surface area contributed by atoms with Crippen LogP contribution in [0.2, 0.25) is 0 Å². The molecule has 2 aromatic rings. The normalized spacial score (nSPS) is 14.0. The molecular weight excluding hydrogens is 289 g/mol. The fourth-order valence-electron chi connectivity index (χ4n) is 3.20. The van der Waals surface area contributed by atoms with Crippen LogP contribution in [0.15, 0.2) is 43.1 Å². The zero-order valence-corrected chi connectivity index (χ0v) is 14.1. The first-order valence-electron chi connectivity index (χ1n) is 8.03. The zero-order valence-electron chi connectivity index (χ0n) is 14.1. The second kappa shape index (κ2) is 7.03. The van der Waals surface area contributed by atoms with Gasteiger partial charge in [0.2, 0.25) is 0 Å². The number of carbonyl (C=O) groups excluding carboxylic acids is 1. The van der Waals surface area contributed by atoms with Crippen LogP contribution in [0.5, 0.6) is 0 Å². The average Bonchev–Trinajstić information content (AvgIpc) is 2.46. The Morgan fingerprint density at radius 2 is 2.17 bits per heavy atom. The summed E-state index contributed by atoms with van der Waals surface area (Å²) >= 11 is 0. The number of nitrogens with zero attached hydrogens (tertiary/aromatic N) is 1. The quantitative estimate of drug-likeness (QED) is 0.665. The highest BCUT2D eigenvalue weighted by molar-refractivity contribution is 5.88. The number of pyridine rings is 1. The lowest BCUT2D eigenvalue weighted by atomic mass is 9.74. The SMILES string of the molecule is C=CCC(C)(CC(C)C)C(=O)Cc1cnc2c(F)cccc2c1. The molecule has 0 saturated heterocycles. The van der Waals surface area contributed by atoms with E-state index < -0.39 is 5.41 Å². The van der Waals surface area contributed by atoms with Crippen LogP contribution >= 0.6 is 0 Å². The molecule has 1 atom stereocenters. The van der Waals surface area contributed by atoms with Gasteiger partial charge in [-0.05, 0) is 36.5 Å². The van der Waals surface area contributed by atoms with Crippen LogP contribution in [0.1, 0.15) is 39.2 Å². The number of carbonyl (C=O) groups is 1. The summed E-state index contributed by atoms with van der Waals surface area (Å²) in [4.78, 5) is 17.0. The Morgan fingerprint density at radius 3 is 2.83 bits per heavy atom. The minimum Gasteiger partial charge on any atom is -0.299 e. The molecule has 1 unspecified atom stereocenters. The van der Waals surface area contributed by atoms with Gasteiger partial charge in [0.25, 0.3) is 0 Å². The number of allylic oxidation sites excluding steroid dienone is 1. The zero-order chi connectivity index (χ0) is 17.0. The highest BCUT2D eigenvalue weighted by Crippen LogP contribution is 2.33. The van der Waals surface area contributed by atoms with Crippen molar-refractivity contribution in [2.24, 2.45) is 11.3 Å². The lowest BCUT2D eigenvalue weighted by Gasteiger charge is -2.29. The Kier molecular flexibility index (Phi) is 5.30. The summed E-state index contributed by atoms with van der Waals surface area (Å²) < 4.78 is 13.7. The number of aromatic nitrogens is 1. The van der Waals surface area contributed by atoms with E-state index in [0.29, 0.717) is 24.3 Å². The number of fused-ring (bicyclic) bond motifs is 1. The van der Waals surface area contributed by atoms with Crippen molar-refractivity contribution < 1.29 is 9.18 Å². The molecule has 122 valence electrons. The number of ketones is 1. The van der Waals surface area contributed by atoms with Gasteiger partial charge in [0.15, 0.2) is 0 Å². The van der Waals surface area contributed by atoms with Crippen molar-refractivity contribution in [1.82, 2.24) is 4.98 Å². The number of hydrogen-bond acceptors (Lipinski definition) is 2. The van der Waals surface area contributed by atoms with E-state index in [1.54, 1.807) is 12.3 Å².